The third-order valence-electron chi connectivity index (χ3n) is 2.45. The molecule has 0 spiro atoms. The minimum absolute atomic E-state index is 0.127. The maximum absolute atomic E-state index is 5.67. The van der Waals surface area contributed by atoms with E-state index < -0.39 is 8.80 Å². The smallest absolute Gasteiger partial charge is 0.372 e. The Bertz CT molecular complexity index is 191. The zero-order valence-corrected chi connectivity index (χ0v) is 12.2. The van der Waals surface area contributed by atoms with Crippen LogP contribution in [0.1, 0.15) is 34.1 Å². The minimum atomic E-state index is -2.66. The molecule has 1 aliphatic heterocycles. The Morgan fingerprint density at radius 2 is 1.53 bits per heavy atom. The quantitative estimate of drug-likeness (QED) is 0.593. The molecule has 0 N–H and O–H groups in total. The average Bonchev–Trinajstić information content (AvgIpc) is 2.24. The van der Waals surface area contributed by atoms with Crippen LogP contribution in [0.5, 0.6) is 0 Å². The van der Waals surface area contributed by atoms with Crippen LogP contribution in [0, 0.1) is 0 Å². The van der Waals surface area contributed by atoms with E-state index in [0.29, 0.717) is 32.2 Å². The molecule has 102 valence electrons. The summed E-state index contributed by atoms with van der Waals surface area (Å²) in [6.45, 7) is 9.52. The molecule has 6 heteroatoms. The average molecular weight is 264 g/mol. The fraction of sp³-hybridized carbons (Fsp3) is 1.00. The number of hydrogen-bond donors (Lipinski definition) is 0. The predicted molar refractivity (Wildman–Crippen MR) is 65.5 cm³/mol. The molecular formula is C11H24O5Si. The Morgan fingerprint density at radius 3 is 1.88 bits per heavy atom. The molecule has 0 aromatic rings. The first-order valence-electron chi connectivity index (χ1n) is 6.34. The second kappa shape index (κ2) is 7.45. The molecule has 0 bridgehead atoms. The van der Waals surface area contributed by atoms with E-state index in [-0.39, 0.29) is 6.29 Å². The fourth-order valence-electron chi connectivity index (χ4n) is 1.73. The first-order valence-corrected chi connectivity index (χ1v) is 8.27. The van der Waals surface area contributed by atoms with E-state index in [2.05, 4.69) is 0 Å². The van der Waals surface area contributed by atoms with E-state index in [1.807, 2.05) is 27.7 Å². The molecule has 0 saturated carbocycles. The van der Waals surface area contributed by atoms with Gasteiger partial charge in [0.05, 0.1) is 6.10 Å². The summed E-state index contributed by atoms with van der Waals surface area (Å²) in [5.74, 6) is 0. The van der Waals surface area contributed by atoms with Crippen molar-refractivity contribution in [1.29, 1.82) is 0 Å². The number of rotatable bonds is 9. The van der Waals surface area contributed by atoms with E-state index in [4.69, 9.17) is 22.8 Å². The van der Waals surface area contributed by atoms with Gasteiger partial charge < -0.3 is 22.8 Å². The van der Waals surface area contributed by atoms with Gasteiger partial charge in [-0.2, -0.15) is 0 Å². The summed E-state index contributed by atoms with van der Waals surface area (Å²) in [5, 5.41) is 0. The Labute approximate surface area is 105 Å². The lowest BCUT2D eigenvalue weighted by Crippen LogP contribution is -2.53. The molecule has 5 nitrogen and oxygen atoms in total. The van der Waals surface area contributed by atoms with Crippen LogP contribution in [0.4, 0.5) is 0 Å². The maximum atomic E-state index is 5.67. The van der Waals surface area contributed by atoms with Crippen molar-refractivity contribution in [2.45, 2.75) is 46.5 Å². The summed E-state index contributed by atoms with van der Waals surface area (Å²) < 4.78 is 28.0. The van der Waals surface area contributed by atoms with Crippen molar-refractivity contribution in [3.05, 3.63) is 0 Å². The highest BCUT2D eigenvalue weighted by Gasteiger charge is 2.43. The highest BCUT2D eigenvalue weighted by atomic mass is 28.4. The predicted octanol–water partition coefficient (Wildman–Crippen LogP) is 1.73. The van der Waals surface area contributed by atoms with Crippen molar-refractivity contribution in [1.82, 2.24) is 0 Å². The first-order chi connectivity index (χ1) is 8.15. The van der Waals surface area contributed by atoms with Crippen LogP contribution < -0.4 is 0 Å². The van der Waals surface area contributed by atoms with Crippen molar-refractivity contribution in [3.8, 4) is 0 Å². The van der Waals surface area contributed by atoms with Crippen LogP contribution in [-0.2, 0) is 22.8 Å². The standard InChI is InChI=1S/C11H24O5Si/c1-5-13-17(14-6-2,15-7-3)9-12-11-8-10(4)16-11/h10-11H,5-9H2,1-4H3. The first kappa shape index (κ1) is 15.1. The normalized spacial score (nSPS) is 24.7. The molecule has 1 rings (SSSR count). The molecule has 0 aromatic heterocycles. The van der Waals surface area contributed by atoms with Crippen LogP contribution in [0.25, 0.3) is 0 Å². The molecular weight excluding hydrogens is 240 g/mol. The van der Waals surface area contributed by atoms with Crippen molar-refractivity contribution in [3.63, 3.8) is 0 Å². The summed E-state index contributed by atoms with van der Waals surface area (Å²) in [4.78, 5) is 0. The summed E-state index contributed by atoms with van der Waals surface area (Å²) >= 11 is 0. The van der Waals surface area contributed by atoms with Gasteiger partial charge in [-0.25, -0.2) is 0 Å². The van der Waals surface area contributed by atoms with Crippen molar-refractivity contribution in [2.75, 3.05) is 26.1 Å². The molecule has 0 aliphatic carbocycles. The van der Waals surface area contributed by atoms with Gasteiger partial charge in [0, 0.05) is 26.2 Å². The molecule has 0 amide bonds. The van der Waals surface area contributed by atoms with Gasteiger partial charge in [0.1, 0.15) is 6.23 Å². The molecule has 1 fully saturated rings. The molecule has 0 radical (unpaired) electrons. The molecule has 1 saturated heterocycles. The van der Waals surface area contributed by atoms with Gasteiger partial charge >= 0.3 is 8.80 Å². The van der Waals surface area contributed by atoms with Crippen LogP contribution in [0.2, 0.25) is 0 Å². The van der Waals surface area contributed by atoms with Crippen LogP contribution >= 0.6 is 0 Å². The van der Waals surface area contributed by atoms with Crippen LogP contribution in [0.15, 0.2) is 0 Å². The highest BCUT2D eigenvalue weighted by Crippen LogP contribution is 2.22. The topological polar surface area (TPSA) is 46.2 Å². The molecule has 17 heavy (non-hydrogen) atoms. The molecule has 0 aromatic carbocycles. The minimum Gasteiger partial charge on any atom is -0.372 e. The summed E-state index contributed by atoms with van der Waals surface area (Å²) in [5.41, 5.74) is 0. The Hall–Kier alpha value is 0.0169. The van der Waals surface area contributed by atoms with Crippen molar-refractivity contribution in [2.24, 2.45) is 0 Å². The van der Waals surface area contributed by atoms with E-state index in [0.717, 1.165) is 6.42 Å². The van der Waals surface area contributed by atoms with Gasteiger partial charge in [-0.05, 0) is 27.7 Å². The van der Waals surface area contributed by atoms with Gasteiger partial charge in [0.25, 0.3) is 0 Å². The van der Waals surface area contributed by atoms with Gasteiger partial charge in [0.15, 0.2) is 6.29 Å². The van der Waals surface area contributed by atoms with Gasteiger partial charge in [-0.15, -0.1) is 0 Å². The van der Waals surface area contributed by atoms with Crippen LogP contribution in [-0.4, -0.2) is 47.2 Å². The summed E-state index contributed by atoms with van der Waals surface area (Å²) in [6.07, 6.45) is 1.45. The highest BCUT2D eigenvalue weighted by molar-refractivity contribution is 6.60. The molecule has 2 unspecified atom stereocenters. The molecule has 2 atom stereocenters. The maximum Gasteiger partial charge on any atom is 0.528 e. The number of hydrogen-bond acceptors (Lipinski definition) is 5. The Morgan fingerprint density at radius 1 is 1.06 bits per heavy atom. The number of ether oxygens (including phenoxy) is 2. The van der Waals surface area contributed by atoms with E-state index in [1.165, 1.54) is 0 Å². The van der Waals surface area contributed by atoms with E-state index >= 15 is 0 Å². The third kappa shape index (κ3) is 4.65. The molecule has 1 aliphatic rings. The molecule has 1 heterocycles. The van der Waals surface area contributed by atoms with E-state index in [9.17, 15) is 0 Å². The van der Waals surface area contributed by atoms with Gasteiger partial charge in [-0.1, -0.05) is 0 Å². The second-order valence-corrected chi connectivity index (χ2v) is 6.43. The van der Waals surface area contributed by atoms with Crippen LogP contribution in [0.3, 0.4) is 0 Å². The largest absolute Gasteiger partial charge is 0.528 e. The summed E-state index contributed by atoms with van der Waals surface area (Å²) in [7, 11) is -2.66. The van der Waals surface area contributed by atoms with Crippen molar-refractivity contribution >= 4 is 8.80 Å². The van der Waals surface area contributed by atoms with Crippen molar-refractivity contribution < 1.29 is 22.8 Å². The second-order valence-electron chi connectivity index (χ2n) is 3.91. The van der Waals surface area contributed by atoms with E-state index in [1.54, 1.807) is 0 Å². The lowest BCUT2D eigenvalue weighted by molar-refractivity contribution is -0.248. The van der Waals surface area contributed by atoms with Gasteiger partial charge in [0.2, 0.25) is 0 Å². The zero-order valence-electron chi connectivity index (χ0n) is 11.2. The Balaban J connectivity index is 2.42. The SMILES string of the molecule is CCO[Si](COC1CC(C)O1)(OCC)OCC. The zero-order chi connectivity index (χ0) is 12.7. The third-order valence-corrected chi connectivity index (χ3v) is 5.15. The van der Waals surface area contributed by atoms with Gasteiger partial charge in [-0.3, -0.25) is 0 Å². The lowest BCUT2D eigenvalue weighted by Gasteiger charge is -2.35. The fourth-order valence-corrected chi connectivity index (χ4v) is 3.94. The monoisotopic (exact) mass is 264 g/mol. The summed E-state index contributed by atoms with van der Waals surface area (Å²) in [6, 6.07) is 0. The Kier molecular flexibility index (Phi) is 6.61. The lowest BCUT2D eigenvalue weighted by atomic mass is 10.2.